The fraction of sp³-hybridized carbons (Fsp3) is 1.00. The van der Waals surface area contributed by atoms with Crippen LogP contribution in [-0.2, 0) is 0 Å². The van der Waals surface area contributed by atoms with Gasteiger partial charge in [0.2, 0.25) is 0 Å². The van der Waals surface area contributed by atoms with E-state index in [4.69, 9.17) is 0 Å². The highest BCUT2D eigenvalue weighted by atomic mass is 15.2. The maximum Gasteiger partial charge on any atom is 0.0244 e. The van der Waals surface area contributed by atoms with E-state index in [1.54, 1.807) is 0 Å². The van der Waals surface area contributed by atoms with Gasteiger partial charge in [0.1, 0.15) is 0 Å². The van der Waals surface area contributed by atoms with E-state index in [0.717, 1.165) is 18.0 Å². The predicted molar refractivity (Wildman–Crippen MR) is 67.2 cm³/mol. The first-order valence-electron chi connectivity index (χ1n) is 6.66. The van der Waals surface area contributed by atoms with Gasteiger partial charge in [-0.05, 0) is 25.3 Å². The minimum absolute atomic E-state index is 0.733. The Morgan fingerprint density at radius 2 is 2.00 bits per heavy atom. The zero-order chi connectivity index (χ0) is 11.3. The maximum atomic E-state index is 3.70. The molecular weight excluding hydrogens is 184 g/mol. The zero-order valence-corrected chi connectivity index (χ0v) is 10.9. The summed E-state index contributed by atoms with van der Waals surface area (Å²) in [5.41, 5.74) is 0. The molecule has 1 saturated heterocycles. The molecule has 1 N–H and O–H groups in total. The van der Waals surface area contributed by atoms with Crippen LogP contribution in [0.15, 0.2) is 0 Å². The van der Waals surface area contributed by atoms with E-state index in [1.807, 2.05) is 0 Å². The molecule has 1 heterocycles. The van der Waals surface area contributed by atoms with Crippen LogP contribution in [0.5, 0.6) is 0 Å². The first-order chi connectivity index (χ1) is 7.19. The Hall–Kier alpha value is -0.0800. The third-order valence-corrected chi connectivity index (χ3v) is 3.46. The summed E-state index contributed by atoms with van der Waals surface area (Å²) in [5.74, 6) is 0.770. The lowest BCUT2D eigenvalue weighted by molar-refractivity contribution is 0.0958. The summed E-state index contributed by atoms with van der Waals surface area (Å²) in [7, 11) is 0. The lowest BCUT2D eigenvalue weighted by atomic mass is 9.97. The molecule has 0 radical (unpaired) electrons. The van der Waals surface area contributed by atoms with Gasteiger partial charge < -0.3 is 5.32 Å². The van der Waals surface area contributed by atoms with Crippen molar-refractivity contribution in [3.63, 3.8) is 0 Å². The minimum Gasteiger partial charge on any atom is -0.311 e. The molecule has 1 rings (SSSR count). The normalized spacial score (nSPS) is 28.6. The monoisotopic (exact) mass is 212 g/mol. The smallest absolute Gasteiger partial charge is 0.0244 e. The molecule has 90 valence electrons. The van der Waals surface area contributed by atoms with E-state index < -0.39 is 0 Å². The van der Waals surface area contributed by atoms with Crippen LogP contribution in [0, 0.1) is 5.92 Å². The number of nitrogens with one attached hydrogen (secondary N) is 1. The van der Waals surface area contributed by atoms with Crippen LogP contribution in [0.4, 0.5) is 0 Å². The van der Waals surface area contributed by atoms with E-state index in [1.165, 1.54) is 38.9 Å². The lowest BCUT2D eigenvalue weighted by Gasteiger charge is -2.42. The number of piperazine rings is 1. The highest BCUT2D eigenvalue weighted by molar-refractivity contribution is 4.87. The van der Waals surface area contributed by atoms with E-state index in [9.17, 15) is 0 Å². The summed E-state index contributed by atoms with van der Waals surface area (Å²) in [4.78, 5) is 2.70. The van der Waals surface area contributed by atoms with Gasteiger partial charge in [0.05, 0.1) is 0 Å². The Labute approximate surface area is 95.4 Å². The first kappa shape index (κ1) is 13.0. The third-order valence-electron chi connectivity index (χ3n) is 3.46. The minimum atomic E-state index is 0.733. The van der Waals surface area contributed by atoms with Gasteiger partial charge in [-0.25, -0.2) is 0 Å². The SMILES string of the molecule is CCCC1CN(CCC)C(C(C)C)CN1. The van der Waals surface area contributed by atoms with Crippen LogP contribution in [0.1, 0.15) is 47.0 Å². The van der Waals surface area contributed by atoms with Gasteiger partial charge >= 0.3 is 0 Å². The van der Waals surface area contributed by atoms with Crippen molar-refractivity contribution in [2.45, 2.75) is 59.0 Å². The van der Waals surface area contributed by atoms with Crippen molar-refractivity contribution in [1.29, 1.82) is 0 Å². The number of hydrogen-bond acceptors (Lipinski definition) is 2. The maximum absolute atomic E-state index is 3.70. The third kappa shape index (κ3) is 3.76. The highest BCUT2D eigenvalue weighted by Crippen LogP contribution is 2.17. The molecule has 15 heavy (non-hydrogen) atoms. The van der Waals surface area contributed by atoms with Crippen LogP contribution < -0.4 is 5.32 Å². The van der Waals surface area contributed by atoms with Crippen molar-refractivity contribution < 1.29 is 0 Å². The second-order valence-electron chi connectivity index (χ2n) is 5.20. The van der Waals surface area contributed by atoms with Crippen LogP contribution >= 0.6 is 0 Å². The van der Waals surface area contributed by atoms with E-state index in [-0.39, 0.29) is 0 Å². The summed E-state index contributed by atoms with van der Waals surface area (Å²) in [6.07, 6.45) is 3.90. The van der Waals surface area contributed by atoms with Gasteiger partial charge in [0, 0.05) is 25.2 Å². The van der Waals surface area contributed by atoms with Crippen molar-refractivity contribution >= 4 is 0 Å². The zero-order valence-electron chi connectivity index (χ0n) is 10.9. The van der Waals surface area contributed by atoms with Crippen LogP contribution in [0.3, 0.4) is 0 Å². The Morgan fingerprint density at radius 3 is 2.53 bits per heavy atom. The molecule has 1 aliphatic rings. The number of hydrogen-bond donors (Lipinski definition) is 1. The Morgan fingerprint density at radius 1 is 1.27 bits per heavy atom. The molecule has 0 spiro atoms. The second-order valence-corrected chi connectivity index (χ2v) is 5.20. The van der Waals surface area contributed by atoms with E-state index in [0.29, 0.717) is 0 Å². The predicted octanol–water partition coefficient (Wildman–Crippen LogP) is 2.49. The largest absolute Gasteiger partial charge is 0.311 e. The molecular formula is C13H28N2. The summed E-state index contributed by atoms with van der Waals surface area (Å²) >= 11 is 0. The summed E-state index contributed by atoms with van der Waals surface area (Å²) in [6, 6.07) is 1.48. The van der Waals surface area contributed by atoms with Crippen molar-refractivity contribution in [2.75, 3.05) is 19.6 Å². The Kier molecular flexibility index (Phi) is 5.62. The average molecular weight is 212 g/mol. The molecule has 2 nitrogen and oxygen atoms in total. The average Bonchev–Trinajstić information content (AvgIpc) is 2.18. The van der Waals surface area contributed by atoms with Crippen molar-refractivity contribution in [3.05, 3.63) is 0 Å². The van der Waals surface area contributed by atoms with Crippen LogP contribution in [0.25, 0.3) is 0 Å². The fourth-order valence-corrected chi connectivity index (χ4v) is 2.64. The molecule has 1 fully saturated rings. The van der Waals surface area contributed by atoms with Crippen LogP contribution in [0.2, 0.25) is 0 Å². The van der Waals surface area contributed by atoms with Gasteiger partial charge in [0.25, 0.3) is 0 Å². The molecule has 2 unspecified atom stereocenters. The summed E-state index contributed by atoms with van der Waals surface area (Å²) in [6.45, 7) is 13.0. The van der Waals surface area contributed by atoms with Gasteiger partial charge in [-0.2, -0.15) is 0 Å². The molecule has 0 bridgehead atoms. The first-order valence-corrected chi connectivity index (χ1v) is 6.66. The molecule has 1 aliphatic heterocycles. The van der Waals surface area contributed by atoms with Gasteiger partial charge in [-0.3, -0.25) is 4.90 Å². The van der Waals surface area contributed by atoms with Crippen LogP contribution in [-0.4, -0.2) is 36.6 Å². The fourth-order valence-electron chi connectivity index (χ4n) is 2.64. The second kappa shape index (κ2) is 6.49. The molecule has 0 aromatic carbocycles. The Bertz CT molecular complexity index is 168. The molecule has 0 aromatic rings. The number of rotatable bonds is 5. The highest BCUT2D eigenvalue weighted by Gasteiger charge is 2.28. The Balaban J connectivity index is 2.48. The molecule has 0 aliphatic carbocycles. The van der Waals surface area contributed by atoms with Crippen molar-refractivity contribution in [1.82, 2.24) is 10.2 Å². The molecule has 2 atom stereocenters. The van der Waals surface area contributed by atoms with E-state index >= 15 is 0 Å². The molecule has 0 amide bonds. The molecule has 0 saturated carbocycles. The van der Waals surface area contributed by atoms with Crippen molar-refractivity contribution in [2.24, 2.45) is 5.92 Å². The number of nitrogens with zero attached hydrogens (tertiary/aromatic N) is 1. The summed E-state index contributed by atoms with van der Waals surface area (Å²) < 4.78 is 0. The van der Waals surface area contributed by atoms with Gasteiger partial charge in [-0.15, -0.1) is 0 Å². The molecule has 2 heteroatoms. The lowest BCUT2D eigenvalue weighted by Crippen LogP contribution is -2.58. The van der Waals surface area contributed by atoms with Gasteiger partial charge in [-0.1, -0.05) is 34.1 Å². The molecule has 0 aromatic heterocycles. The van der Waals surface area contributed by atoms with E-state index in [2.05, 4.69) is 37.9 Å². The standard InChI is InChI=1S/C13H28N2/c1-5-7-12-10-15(8-6-2)13(9-14-12)11(3)4/h11-14H,5-10H2,1-4H3. The van der Waals surface area contributed by atoms with Crippen molar-refractivity contribution in [3.8, 4) is 0 Å². The van der Waals surface area contributed by atoms with Gasteiger partial charge in [0.15, 0.2) is 0 Å². The topological polar surface area (TPSA) is 15.3 Å². The summed E-state index contributed by atoms with van der Waals surface area (Å²) in [5, 5.41) is 3.70. The quantitative estimate of drug-likeness (QED) is 0.753.